The van der Waals surface area contributed by atoms with Crippen molar-refractivity contribution in [3.63, 3.8) is 0 Å². The van der Waals surface area contributed by atoms with Gasteiger partial charge in [0, 0.05) is 38.3 Å². The van der Waals surface area contributed by atoms with Gasteiger partial charge in [0.15, 0.2) is 5.60 Å². The van der Waals surface area contributed by atoms with Crippen LogP contribution in [-0.2, 0) is 20.9 Å². The van der Waals surface area contributed by atoms with E-state index in [4.69, 9.17) is 25.9 Å². The summed E-state index contributed by atoms with van der Waals surface area (Å²) in [6.45, 7) is 10.5. The minimum absolute atomic E-state index is 0.103. The first-order valence-corrected chi connectivity index (χ1v) is 13.7. The Morgan fingerprint density at radius 3 is 2.50 bits per heavy atom. The molecular weight excluding hydrogens is 509 g/mol. The lowest BCUT2D eigenvalue weighted by molar-refractivity contribution is -0.156. The van der Waals surface area contributed by atoms with Gasteiger partial charge in [0.1, 0.15) is 17.4 Å². The maximum absolute atomic E-state index is 13.4. The molecule has 0 N–H and O–H groups in total. The molecule has 0 aliphatic carbocycles. The van der Waals surface area contributed by atoms with Crippen LogP contribution in [0.2, 0.25) is 5.02 Å². The van der Waals surface area contributed by atoms with Crippen LogP contribution in [0, 0.1) is 11.2 Å². The number of carbonyl (C=O) groups is 1. The van der Waals surface area contributed by atoms with E-state index in [0.29, 0.717) is 30.5 Å². The maximum atomic E-state index is 13.4. The van der Waals surface area contributed by atoms with Crippen molar-refractivity contribution >= 4 is 23.4 Å². The maximum Gasteiger partial charge on any atom is 0.311 e. The number of nitrogens with zero attached hydrogens (tertiary/aromatic N) is 3. The summed E-state index contributed by atoms with van der Waals surface area (Å²) in [6.07, 6.45) is 2.27. The fraction of sp³-hybridized carbons (Fsp3) is 0.517. The summed E-state index contributed by atoms with van der Waals surface area (Å²) >= 11 is 6.70. The van der Waals surface area contributed by atoms with E-state index in [1.54, 1.807) is 12.1 Å². The number of carbonyl (C=O) groups excluding carboxylic acids is 1. The van der Waals surface area contributed by atoms with Crippen molar-refractivity contribution < 1.29 is 23.5 Å². The molecule has 7 nitrogen and oxygen atoms in total. The zero-order valence-electron chi connectivity index (χ0n) is 22.3. The van der Waals surface area contributed by atoms with Crippen molar-refractivity contribution in [1.82, 2.24) is 9.80 Å². The third-order valence-electron chi connectivity index (χ3n) is 7.80. The molecule has 3 heterocycles. The molecule has 2 fully saturated rings. The first-order valence-electron chi connectivity index (χ1n) is 13.3. The molecule has 3 aliphatic heterocycles. The monoisotopic (exact) mass is 543 g/mol. The van der Waals surface area contributed by atoms with Gasteiger partial charge in [0.25, 0.3) is 0 Å². The smallest absolute Gasteiger partial charge is 0.311 e. The van der Waals surface area contributed by atoms with Crippen LogP contribution in [0.1, 0.15) is 45.6 Å². The highest BCUT2D eigenvalue weighted by atomic mass is 35.5. The SMILES string of the molecule is CCOC(=O)C1(C)CCN(C2=NOC3(C2)CN(Cc2cc(Cl)c(-c4ccc(F)cc4)c(OCC)c2)C3)CC1. The summed E-state index contributed by atoms with van der Waals surface area (Å²) in [7, 11) is 0. The number of hydrogen-bond acceptors (Lipinski definition) is 7. The van der Waals surface area contributed by atoms with E-state index < -0.39 is 5.41 Å². The third-order valence-corrected chi connectivity index (χ3v) is 8.10. The Balaban J connectivity index is 1.18. The Kier molecular flexibility index (Phi) is 7.56. The predicted octanol–water partition coefficient (Wildman–Crippen LogP) is 5.50. The number of piperidine rings is 1. The van der Waals surface area contributed by atoms with E-state index in [9.17, 15) is 9.18 Å². The number of oxime groups is 1. The van der Waals surface area contributed by atoms with Gasteiger partial charge in [-0.3, -0.25) is 9.69 Å². The highest BCUT2D eigenvalue weighted by Gasteiger charge is 2.51. The Morgan fingerprint density at radius 2 is 1.84 bits per heavy atom. The number of benzene rings is 2. The van der Waals surface area contributed by atoms with E-state index in [-0.39, 0.29) is 17.4 Å². The standard InChI is InChI=1S/C29H35ClFN3O4/c1-4-36-24-15-20(14-23(30)26(24)21-6-8-22(31)9-7-21)17-33-18-29(19-33)16-25(32-38-29)34-12-10-28(3,11-13-34)27(35)37-5-2/h6-9,14-15H,4-5,10-13,16-19H2,1-3H3. The molecule has 38 heavy (non-hydrogen) atoms. The van der Waals surface area contributed by atoms with Crippen molar-refractivity contribution in [2.45, 2.75) is 52.2 Å². The second-order valence-corrected chi connectivity index (χ2v) is 11.2. The van der Waals surface area contributed by atoms with Gasteiger partial charge < -0.3 is 19.2 Å². The van der Waals surface area contributed by atoms with E-state index >= 15 is 0 Å². The summed E-state index contributed by atoms with van der Waals surface area (Å²) in [4.78, 5) is 22.9. The zero-order valence-corrected chi connectivity index (χ0v) is 23.0. The number of ether oxygens (including phenoxy) is 2. The normalized spacial score (nSPS) is 20.0. The Labute approximate surface area is 228 Å². The van der Waals surface area contributed by atoms with Gasteiger partial charge in [-0.05, 0) is 69.0 Å². The number of rotatable bonds is 7. The van der Waals surface area contributed by atoms with Crippen LogP contribution in [0.5, 0.6) is 5.75 Å². The highest BCUT2D eigenvalue weighted by molar-refractivity contribution is 6.33. The minimum atomic E-state index is -0.425. The van der Waals surface area contributed by atoms with Crippen LogP contribution in [0.4, 0.5) is 4.39 Å². The summed E-state index contributed by atoms with van der Waals surface area (Å²) in [5, 5.41) is 5.02. The molecule has 2 aromatic rings. The third kappa shape index (κ3) is 5.34. The predicted molar refractivity (Wildman–Crippen MR) is 145 cm³/mol. The lowest BCUT2D eigenvalue weighted by atomic mass is 9.80. The van der Waals surface area contributed by atoms with Crippen molar-refractivity contribution in [3.05, 3.63) is 52.8 Å². The van der Waals surface area contributed by atoms with E-state index in [2.05, 4.69) is 15.0 Å². The molecular formula is C29H35ClFN3O4. The summed E-state index contributed by atoms with van der Waals surface area (Å²) < 4.78 is 24.6. The van der Waals surface area contributed by atoms with Crippen LogP contribution >= 0.6 is 11.6 Å². The lowest BCUT2D eigenvalue weighted by Crippen LogP contribution is -2.61. The van der Waals surface area contributed by atoms with Gasteiger partial charge in [0.05, 0.1) is 30.1 Å². The highest BCUT2D eigenvalue weighted by Crippen LogP contribution is 2.41. The first-order chi connectivity index (χ1) is 18.2. The molecule has 2 saturated heterocycles. The van der Waals surface area contributed by atoms with Crippen LogP contribution in [-0.4, -0.2) is 66.6 Å². The molecule has 0 bridgehead atoms. The molecule has 0 aromatic heterocycles. The van der Waals surface area contributed by atoms with Crippen molar-refractivity contribution in [2.24, 2.45) is 10.6 Å². The van der Waals surface area contributed by atoms with Crippen LogP contribution < -0.4 is 4.74 Å². The number of hydrogen-bond donors (Lipinski definition) is 0. The molecule has 5 rings (SSSR count). The largest absolute Gasteiger partial charge is 0.493 e. The Morgan fingerprint density at radius 1 is 1.13 bits per heavy atom. The van der Waals surface area contributed by atoms with Gasteiger partial charge in [0.2, 0.25) is 0 Å². The second-order valence-electron chi connectivity index (χ2n) is 10.8. The molecule has 0 saturated carbocycles. The van der Waals surface area contributed by atoms with Crippen molar-refractivity contribution in [3.8, 4) is 16.9 Å². The van der Waals surface area contributed by atoms with Crippen molar-refractivity contribution in [1.29, 1.82) is 0 Å². The lowest BCUT2D eigenvalue weighted by Gasteiger charge is -2.45. The second kappa shape index (κ2) is 10.7. The summed E-state index contributed by atoms with van der Waals surface area (Å²) in [5.41, 5.74) is 1.92. The number of amidine groups is 1. The number of esters is 1. The molecule has 9 heteroatoms. The van der Waals surface area contributed by atoms with Crippen LogP contribution in [0.25, 0.3) is 11.1 Å². The number of likely N-dealkylation sites (tertiary alicyclic amines) is 2. The number of halogens is 2. The van der Waals surface area contributed by atoms with Crippen LogP contribution in [0.15, 0.2) is 41.6 Å². The Hall–Kier alpha value is -2.84. The molecule has 0 unspecified atom stereocenters. The van der Waals surface area contributed by atoms with Gasteiger partial charge in [-0.25, -0.2) is 4.39 Å². The van der Waals surface area contributed by atoms with E-state index in [0.717, 1.165) is 68.0 Å². The summed E-state index contributed by atoms with van der Waals surface area (Å²) in [6, 6.07) is 10.3. The Bertz CT molecular complexity index is 1210. The van der Waals surface area contributed by atoms with Gasteiger partial charge in [-0.2, -0.15) is 0 Å². The quantitative estimate of drug-likeness (QED) is 0.430. The molecule has 1 spiro atoms. The molecule has 0 amide bonds. The first kappa shape index (κ1) is 26.8. The van der Waals surface area contributed by atoms with E-state index in [1.165, 1.54) is 12.1 Å². The average Bonchev–Trinajstić information content (AvgIpc) is 3.31. The molecule has 3 aliphatic rings. The van der Waals surface area contributed by atoms with Gasteiger partial charge in [-0.1, -0.05) is 28.9 Å². The molecule has 0 radical (unpaired) electrons. The minimum Gasteiger partial charge on any atom is -0.493 e. The average molecular weight is 544 g/mol. The molecule has 204 valence electrons. The van der Waals surface area contributed by atoms with E-state index in [1.807, 2.05) is 32.9 Å². The molecule has 0 atom stereocenters. The van der Waals surface area contributed by atoms with Gasteiger partial charge in [-0.15, -0.1) is 0 Å². The fourth-order valence-corrected chi connectivity index (χ4v) is 5.98. The molecule has 2 aromatic carbocycles. The van der Waals surface area contributed by atoms with Crippen molar-refractivity contribution in [2.75, 3.05) is 39.4 Å². The summed E-state index contributed by atoms with van der Waals surface area (Å²) in [5.74, 6) is 1.27. The van der Waals surface area contributed by atoms with Crippen LogP contribution in [0.3, 0.4) is 0 Å². The fourth-order valence-electron chi connectivity index (χ4n) is 5.64. The zero-order chi connectivity index (χ0) is 26.9. The van der Waals surface area contributed by atoms with Gasteiger partial charge >= 0.3 is 5.97 Å². The topological polar surface area (TPSA) is 63.6 Å².